The minimum Gasteiger partial charge on any atom is -0.489 e. The van der Waals surface area contributed by atoms with Gasteiger partial charge in [0.15, 0.2) is 0 Å². The van der Waals surface area contributed by atoms with Crippen LogP contribution >= 0.6 is 0 Å². The summed E-state index contributed by atoms with van der Waals surface area (Å²) in [5.74, 6) is 3.64. The first-order valence-corrected chi connectivity index (χ1v) is 13.3. The smallest absolute Gasteiger partial charge is 0.270 e. The molecule has 0 saturated carbocycles. The number of nitrogens with one attached hydrogen (secondary N) is 1. The third-order valence-electron chi connectivity index (χ3n) is 7.12. The number of carbonyl (C=O) groups excluding carboxylic acids is 1. The predicted octanol–water partition coefficient (Wildman–Crippen LogP) is 3.58. The van der Waals surface area contributed by atoms with E-state index in [4.69, 9.17) is 16.1 Å². The maximum atomic E-state index is 12.8. The van der Waals surface area contributed by atoms with Crippen molar-refractivity contribution in [2.45, 2.75) is 44.8 Å². The molecular weight excluding hydrogens is 518 g/mol. The number of anilines is 1. The molecule has 4 aromatic heterocycles. The van der Waals surface area contributed by atoms with Gasteiger partial charge in [-0.25, -0.2) is 9.50 Å². The zero-order valence-corrected chi connectivity index (χ0v) is 23.3. The van der Waals surface area contributed by atoms with E-state index in [1.165, 1.54) is 6.20 Å². The van der Waals surface area contributed by atoms with Crippen LogP contribution < -0.4 is 15.0 Å². The molecule has 0 spiro atoms. The summed E-state index contributed by atoms with van der Waals surface area (Å²) >= 11 is 0. The molecule has 0 aromatic carbocycles. The van der Waals surface area contributed by atoms with Gasteiger partial charge in [-0.2, -0.15) is 10.4 Å². The van der Waals surface area contributed by atoms with Crippen molar-refractivity contribution in [3.05, 3.63) is 71.9 Å². The maximum absolute atomic E-state index is 12.8. The molecule has 10 nitrogen and oxygen atoms in total. The lowest BCUT2D eigenvalue weighted by Gasteiger charge is -2.40. The number of fused-ring (bicyclic) bond motifs is 1. The first-order valence-electron chi connectivity index (χ1n) is 13.3. The van der Waals surface area contributed by atoms with Crippen molar-refractivity contribution in [1.82, 2.24) is 24.9 Å². The number of carbonyl (C=O) groups is 1. The molecule has 41 heavy (non-hydrogen) atoms. The van der Waals surface area contributed by atoms with Crippen molar-refractivity contribution < 1.29 is 14.6 Å². The average Bonchev–Trinajstić information content (AvgIpc) is 3.39. The number of pyridine rings is 3. The van der Waals surface area contributed by atoms with E-state index < -0.39 is 5.60 Å². The number of ether oxygens (including phenoxy) is 1. The van der Waals surface area contributed by atoms with Crippen LogP contribution in [0.5, 0.6) is 5.75 Å². The highest BCUT2D eigenvalue weighted by molar-refractivity contribution is 5.93. The van der Waals surface area contributed by atoms with Gasteiger partial charge in [0.05, 0.1) is 29.1 Å². The van der Waals surface area contributed by atoms with Crippen molar-refractivity contribution >= 4 is 17.2 Å². The average molecular weight is 550 g/mol. The summed E-state index contributed by atoms with van der Waals surface area (Å²) in [5, 5.41) is 27.2. The summed E-state index contributed by atoms with van der Waals surface area (Å²) in [6, 6.07) is 11.3. The Hall–Kier alpha value is -4.93. The Morgan fingerprint density at radius 3 is 2.66 bits per heavy atom. The van der Waals surface area contributed by atoms with Crippen LogP contribution in [-0.2, 0) is 0 Å². The van der Waals surface area contributed by atoms with Crippen LogP contribution in [-0.4, -0.2) is 61.4 Å². The lowest BCUT2D eigenvalue weighted by atomic mass is 9.89. The molecule has 1 fully saturated rings. The van der Waals surface area contributed by atoms with E-state index in [1.807, 2.05) is 25.1 Å². The van der Waals surface area contributed by atoms with E-state index in [1.54, 1.807) is 49.1 Å². The first kappa shape index (κ1) is 27.6. The monoisotopic (exact) mass is 549 g/mol. The summed E-state index contributed by atoms with van der Waals surface area (Å²) in [6.07, 6.45) is 13.5. The number of hydrogen-bond donors (Lipinski definition) is 2. The largest absolute Gasteiger partial charge is 0.489 e. The van der Waals surface area contributed by atoms with Gasteiger partial charge in [-0.15, -0.1) is 6.42 Å². The molecule has 0 bridgehead atoms. The Morgan fingerprint density at radius 2 is 2.00 bits per heavy atom. The maximum Gasteiger partial charge on any atom is 0.270 e. The van der Waals surface area contributed by atoms with E-state index in [-0.39, 0.29) is 18.1 Å². The predicted molar refractivity (Wildman–Crippen MR) is 154 cm³/mol. The molecule has 1 aliphatic heterocycles. The summed E-state index contributed by atoms with van der Waals surface area (Å²) in [5.41, 5.74) is 2.20. The third kappa shape index (κ3) is 6.13. The molecule has 0 unspecified atom stereocenters. The molecule has 1 amide bonds. The summed E-state index contributed by atoms with van der Waals surface area (Å²) < 4.78 is 7.43. The molecule has 5 heterocycles. The minimum absolute atomic E-state index is 0.101. The van der Waals surface area contributed by atoms with Crippen molar-refractivity contribution in [3.63, 3.8) is 0 Å². The van der Waals surface area contributed by atoms with Gasteiger partial charge in [-0.3, -0.25) is 9.78 Å². The molecule has 0 aliphatic carbocycles. The molecule has 2 N–H and O–H groups in total. The van der Waals surface area contributed by atoms with Gasteiger partial charge in [0.2, 0.25) is 0 Å². The first-order chi connectivity index (χ1) is 19.6. The van der Waals surface area contributed by atoms with E-state index >= 15 is 0 Å². The van der Waals surface area contributed by atoms with Crippen molar-refractivity contribution in [1.29, 1.82) is 5.26 Å². The normalized spacial score (nSPS) is 14.7. The minimum atomic E-state index is -1.00. The Balaban J connectivity index is 1.31. The van der Waals surface area contributed by atoms with Gasteiger partial charge < -0.3 is 20.1 Å². The summed E-state index contributed by atoms with van der Waals surface area (Å²) in [4.78, 5) is 23.9. The van der Waals surface area contributed by atoms with Crippen LogP contribution in [0.1, 0.15) is 55.2 Å². The van der Waals surface area contributed by atoms with Crippen molar-refractivity contribution in [2.24, 2.45) is 0 Å². The van der Waals surface area contributed by atoms with E-state index in [0.29, 0.717) is 41.2 Å². The lowest BCUT2D eigenvalue weighted by Crippen LogP contribution is -2.53. The Kier molecular flexibility index (Phi) is 7.36. The van der Waals surface area contributed by atoms with E-state index in [0.717, 1.165) is 29.8 Å². The number of aromatic nitrogens is 4. The number of hydrogen-bond acceptors (Lipinski definition) is 8. The highest BCUT2D eigenvalue weighted by Gasteiger charge is 2.32. The number of piperidine rings is 1. The second kappa shape index (κ2) is 10.9. The molecule has 10 heteroatoms. The van der Waals surface area contributed by atoms with Gasteiger partial charge in [0.1, 0.15) is 29.9 Å². The molecule has 208 valence electrons. The van der Waals surface area contributed by atoms with Crippen LogP contribution in [0, 0.1) is 23.7 Å². The van der Waals surface area contributed by atoms with E-state index in [9.17, 15) is 15.2 Å². The third-order valence-corrected chi connectivity index (χ3v) is 7.12. The Bertz CT molecular complexity index is 1670. The fraction of sp³-hybridized carbons (Fsp3) is 0.323. The van der Waals surface area contributed by atoms with Crippen molar-refractivity contribution in [3.8, 4) is 35.3 Å². The molecule has 4 aromatic rings. The van der Waals surface area contributed by atoms with Crippen LogP contribution in [0.3, 0.4) is 0 Å². The lowest BCUT2D eigenvalue weighted by molar-refractivity contribution is 0.0283. The molecule has 5 rings (SSSR count). The number of amides is 1. The van der Waals surface area contributed by atoms with Crippen LogP contribution in [0.4, 0.5) is 5.82 Å². The Labute approximate surface area is 238 Å². The zero-order chi connectivity index (χ0) is 29.2. The van der Waals surface area contributed by atoms with Gasteiger partial charge in [0.25, 0.3) is 5.91 Å². The highest BCUT2D eigenvalue weighted by atomic mass is 16.5. The molecular formula is C31H31N7O3. The number of nitrogens with zero attached hydrogens (tertiary/aromatic N) is 6. The zero-order valence-electron chi connectivity index (χ0n) is 23.3. The van der Waals surface area contributed by atoms with Crippen molar-refractivity contribution in [2.75, 3.05) is 24.6 Å². The Morgan fingerprint density at radius 1 is 1.22 bits per heavy atom. The highest BCUT2D eigenvalue weighted by Crippen LogP contribution is 2.32. The van der Waals surface area contributed by atoms with E-state index in [2.05, 4.69) is 32.3 Å². The molecule has 0 atom stereocenters. The standard InChI is InChI=1S/C31H31N7O3/c1-5-21-8-11-33-26(14-21)29(39)36-31(4)9-12-37(13-10-31)27-7-6-22(17-34-27)25-15-24(41-20-30(2,3)40)19-38-28(25)23(16-32)18-35-38/h1,6-8,11,14-15,17-19,40H,9-10,12-13,20H2,2-4H3,(H,36,39). The number of aliphatic hydroxyl groups is 1. The van der Waals surface area contributed by atoms with Gasteiger partial charge in [-0.1, -0.05) is 5.92 Å². The second-order valence-corrected chi connectivity index (χ2v) is 11.1. The topological polar surface area (TPSA) is 129 Å². The quantitative estimate of drug-likeness (QED) is 0.335. The fourth-order valence-corrected chi connectivity index (χ4v) is 4.81. The summed E-state index contributed by atoms with van der Waals surface area (Å²) in [7, 11) is 0. The van der Waals surface area contributed by atoms with Gasteiger partial charge in [-0.05, 0) is 63.9 Å². The van der Waals surface area contributed by atoms with Gasteiger partial charge >= 0.3 is 0 Å². The molecule has 1 saturated heterocycles. The second-order valence-electron chi connectivity index (χ2n) is 11.1. The molecule has 1 aliphatic rings. The molecule has 0 radical (unpaired) electrons. The SMILES string of the molecule is C#Cc1ccnc(C(=O)NC2(C)CCN(c3ccc(-c4cc(OCC(C)(C)O)cn5ncc(C#N)c45)cn3)CC2)c1. The van der Waals surface area contributed by atoms with Gasteiger partial charge in [0, 0.05) is 47.7 Å². The van der Waals surface area contributed by atoms with Crippen LogP contribution in [0.2, 0.25) is 0 Å². The number of rotatable bonds is 7. The van der Waals surface area contributed by atoms with Crippen LogP contribution in [0.25, 0.3) is 16.6 Å². The summed E-state index contributed by atoms with van der Waals surface area (Å²) in [6.45, 7) is 6.91. The fourth-order valence-electron chi connectivity index (χ4n) is 4.81. The number of terminal acetylenes is 1. The van der Waals surface area contributed by atoms with Crippen LogP contribution in [0.15, 0.2) is 55.1 Å². The number of nitriles is 1.